The number of hydrogen-bond acceptors (Lipinski definition) is 8. The highest BCUT2D eigenvalue weighted by Gasteiger charge is 2.23. The van der Waals surface area contributed by atoms with Crippen molar-refractivity contribution in [2.45, 2.75) is 38.5 Å². The van der Waals surface area contributed by atoms with Gasteiger partial charge in [0.1, 0.15) is 5.75 Å². The number of carbonyl (C=O) groups excluding carboxylic acids is 1. The average molecular weight is 574 g/mol. The van der Waals surface area contributed by atoms with Crippen LogP contribution in [-0.4, -0.2) is 87.5 Å². The largest absolute Gasteiger partial charge is 0.494 e. The molecule has 2 heterocycles. The molecule has 0 spiro atoms. The zero-order valence-electron chi connectivity index (χ0n) is 23.1. The predicted molar refractivity (Wildman–Crippen MR) is 158 cm³/mol. The Morgan fingerprint density at radius 2 is 1.72 bits per heavy atom. The molecule has 4 rings (SSSR count). The van der Waals surface area contributed by atoms with Crippen molar-refractivity contribution >= 4 is 42.6 Å². The average Bonchev–Trinajstić information content (AvgIpc) is 3.37. The first-order valence-corrected chi connectivity index (χ1v) is 16.0. The van der Waals surface area contributed by atoms with Gasteiger partial charge >= 0.3 is 0 Å². The predicted octanol–water partition coefficient (Wildman–Crippen LogP) is 4.06. The number of nitrogens with one attached hydrogen (secondary N) is 1. The van der Waals surface area contributed by atoms with Crippen molar-refractivity contribution in [1.82, 2.24) is 19.5 Å². The van der Waals surface area contributed by atoms with Crippen LogP contribution in [0.1, 0.15) is 44.0 Å². The Hall–Kier alpha value is -2.73. The molecule has 2 aromatic carbocycles. The molecule has 39 heavy (non-hydrogen) atoms. The van der Waals surface area contributed by atoms with Crippen LogP contribution in [0.4, 0.5) is 5.13 Å². The van der Waals surface area contributed by atoms with Gasteiger partial charge in [0.15, 0.2) is 5.13 Å². The van der Waals surface area contributed by atoms with Gasteiger partial charge in [-0.1, -0.05) is 25.2 Å². The number of nitrogens with zero attached hydrogens (tertiary/aromatic N) is 4. The third kappa shape index (κ3) is 7.27. The lowest BCUT2D eigenvalue weighted by Gasteiger charge is -2.34. The van der Waals surface area contributed by atoms with Crippen molar-refractivity contribution in [2.24, 2.45) is 0 Å². The Balaban J connectivity index is 1.24. The quantitative estimate of drug-likeness (QED) is 0.330. The van der Waals surface area contributed by atoms with Gasteiger partial charge in [-0.3, -0.25) is 9.69 Å². The lowest BCUT2D eigenvalue weighted by molar-refractivity contribution is 0.0947. The number of amides is 1. The summed E-state index contributed by atoms with van der Waals surface area (Å²) in [7, 11) is -3.55. The minimum atomic E-state index is -3.55. The molecule has 0 aliphatic carbocycles. The Morgan fingerprint density at radius 3 is 2.36 bits per heavy atom. The fourth-order valence-corrected chi connectivity index (χ4v) is 7.32. The fraction of sp³-hybridized carbons (Fsp3) is 0.500. The first-order valence-electron chi connectivity index (χ1n) is 13.7. The number of rotatable bonds is 13. The summed E-state index contributed by atoms with van der Waals surface area (Å²) < 4.78 is 34.1. The van der Waals surface area contributed by atoms with E-state index in [4.69, 9.17) is 9.72 Å². The summed E-state index contributed by atoms with van der Waals surface area (Å²) in [5.41, 5.74) is 1.45. The Bertz CT molecular complexity index is 1330. The van der Waals surface area contributed by atoms with E-state index in [2.05, 4.69) is 21.2 Å². The van der Waals surface area contributed by atoms with E-state index in [-0.39, 0.29) is 10.8 Å². The van der Waals surface area contributed by atoms with E-state index < -0.39 is 10.0 Å². The van der Waals surface area contributed by atoms with Crippen molar-refractivity contribution in [3.8, 4) is 5.75 Å². The molecule has 1 N–H and O–H groups in total. The van der Waals surface area contributed by atoms with Crippen molar-refractivity contribution in [2.75, 3.05) is 63.9 Å². The summed E-state index contributed by atoms with van der Waals surface area (Å²) >= 11 is 1.69. The maximum Gasteiger partial charge on any atom is 0.251 e. The smallest absolute Gasteiger partial charge is 0.251 e. The highest BCUT2D eigenvalue weighted by molar-refractivity contribution is 7.89. The van der Waals surface area contributed by atoms with Crippen LogP contribution in [0.15, 0.2) is 47.4 Å². The summed E-state index contributed by atoms with van der Waals surface area (Å²) in [6.07, 6.45) is 1.51. The minimum absolute atomic E-state index is 0.197. The Kier molecular flexibility index (Phi) is 10.2. The van der Waals surface area contributed by atoms with Crippen molar-refractivity contribution in [1.29, 1.82) is 0 Å². The van der Waals surface area contributed by atoms with Crippen molar-refractivity contribution in [3.05, 3.63) is 48.0 Å². The van der Waals surface area contributed by atoms with Gasteiger partial charge in [-0.05, 0) is 62.2 Å². The van der Waals surface area contributed by atoms with Crippen LogP contribution in [0.5, 0.6) is 5.75 Å². The second-order valence-electron chi connectivity index (χ2n) is 9.57. The van der Waals surface area contributed by atoms with Crippen LogP contribution in [0.2, 0.25) is 0 Å². The number of hydrogen-bond donors (Lipinski definition) is 1. The van der Waals surface area contributed by atoms with E-state index >= 15 is 0 Å². The normalized spacial score (nSPS) is 14.7. The van der Waals surface area contributed by atoms with Gasteiger partial charge in [0.2, 0.25) is 10.0 Å². The highest BCUT2D eigenvalue weighted by Crippen LogP contribution is 2.32. The van der Waals surface area contributed by atoms with Crippen molar-refractivity contribution in [3.63, 3.8) is 0 Å². The molecule has 0 unspecified atom stereocenters. The van der Waals surface area contributed by atoms with Crippen LogP contribution in [-0.2, 0) is 10.0 Å². The molecule has 3 aromatic rings. The van der Waals surface area contributed by atoms with Crippen LogP contribution < -0.4 is 15.0 Å². The maximum absolute atomic E-state index is 12.9. The van der Waals surface area contributed by atoms with E-state index in [1.165, 1.54) is 16.4 Å². The van der Waals surface area contributed by atoms with Gasteiger partial charge in [-0.15, -0.1) is 0 Å². The molecule has 9 nitrogen and oxygen atoms in total. The van der Waals surface area contributed by atoms with Gasteiger partial charge in [0.25, 0.3) is 5.91 Å². The Labute approximate surface area is 235 Å². The van der Waals surface area contributed by atoms with Gasteiger partial charge < -0.3 is 15.0 Å². The summed E-state index contributed by atoms with van der Waals surface area (Å²) in [6.45, 7) is 12.4. The van der Waals surface area contributed by atoms with Gasteiger partial charge in [0, 0.05) is 57.9 Å². The molecular weight excluding hydrogens is 534 g/mol. The van der Waals surface area contributed by atoms with Crippen molar-refractivity contribution < 1.29 is 17.9 Å². The molecule has 212 valence electrons. The molecule has 1 fully saturated rings. The number of ether oxygens (including phenoxy) is 1. The lowest BCUT2D eigenvalue weighted by Crippen LogP contribution is -2.48. The number of fused-ring (bicyclic) bond motifs is 1. The first kappa shape index (κ1) is 29.3. The van der Waals surface area contributed by atoms with Crippen LogP contribution in [0.3, 0.4) is 0 Å². The van der Waals surface area contributed by atoms with Crippen LogP contribution >= 0.6 is 11.3 Å². The van der Waals surface area contributed by atoms with E-state index in [1.54, 1.807) is 23.5 Å². The molecule has 11 heteroatoms. The zero-order chi connectivity index (χ0) is 27.8. The van der Waals surface area contributed by atoms with E-state index in [0.29, 0.717) is 31.8 Å². The summed E-state index contributed by atoms with van der Waals surface area (Å²) in [6, 6.07) is 12.3. The molecule has 0 bridgehead atoms. The van der Waals surface area contributed by atoms with E-state index in [0.717, 1.165) is 66.7 Å². The maximum atomic E-state index is 12.9. The SMILES string of the molecule is CCCN(CCC)S(=O)(=O)c1ccc(C(=O)NCCN2CCN(c3nc4ccc(OCC)cc4s3)CC2)cc1. The van der Waals surface area contributed by atoms with Gasteiger partial charge in [-0.2, -0.15) is 4.31 Å². The third-order valence-electron chi connectivity index (χ3n) is 6.72. The zero-order valence-corrected chi connectivity index (χ0v) is 24.7. The van der Waals surface area contributed by atoms with Gasteiger partial charge in [0.05, 0.1) is 21.7 Å². The molecule has 1 aliphatic heterocycles. The summed E-state index contributed by atoms with van der Waals surface area (Å²) in [5, 5.41) is 4.00. The molecule has 0 saturated carbocycles. The summed E-state index contributed by atoms with van der Waals surface area (Å²) in [4.78, 5) is 22.3. The second kappa shape index (κ2) is 13.6. The topological polar surface area (TPSA) is 95.1 Å². The first-order chi connectivity index (χ1) is 18.8. The van der Waals surface area contributed by atoms with Gasteiger partial charge in [-0.25, -0.2) is 13.4 Å². The van der Waals surface area contributed by atoms with Crippen LogP contribution in [0, 0.1) is 0 Å². The Morgan fingerprint density at radius 1 is 1.03 bits per heavy atom. The molecule has 1 aromatic heterocycles. The molecule has 0 atom stereocenters. The number of piperazine rings is 1. The fourth-order valence-electron chi connectivity index (χ4n) is 4.66. The monoisotopic (exact) mass is 573 g/mol. The highest BCUT2D eigenvalue weighted by atomic mass is 32.2. The number of aromatic nitrogens is 1. The standard InChI is InChI=1S/C28H39N5O4S2/c1-4-14-33(15-5-2)39(35,36)24-10-7-22(8-11-24)27(34)29-13-16-31-17-19-32(20-18-31)28-30-25-12-9-23(37-6-3)21-26(25)38-28/h7-12,21H,4-6,13-20H2,1-3H3,(H,29,34). The third-order valence-corrected chi connectivity index (χ3v) is 9.71. The van der Waals surface area contributed by atoms with E-state index in [9.17, 15) is 13.2 Å². The summed E-state index contributed by atoms with van der Waals surface area (Å²) in [5.74, 6) is 0.677. The minimum Gasteiger partial charge on any atom is -0.494 e. The number of carbonyl (C=O) groups is 1. The van der Waals surface area contributed by atoms with Crippen LogP contribution in [0.25, 0.3) is 10.2 Å². The molecular formula is C28H39N5O4S2. The number of sulfonamides is 1. The number of thiazole rings is 1. The number of anilines is 1. The molecule has 1 amide bonds. The van der Waals surface area contributed by atoms with E-state index in [1.807, 2.05) is 32.9 Å². The molecule has 1 saturated heterocycles. The lowest BCUT2D eigenvalue weighted by atomic mass is 10.2. The molecule has 0 radical (unpaired) electrons. The second-order valence-corrected chi connectivity index (χ2v) is 12.5. The molecule has 1 aliphatic rings. The number of benzene rings is 2.